The molecule has 0 heterocycles. The molecule has 0 aliphatic carbocycles. The number of aliphatic hydroxyl groups is 1. The van der Waals surface area contributed by atoms with Crippen LogP contribution in [0.2, 0.25) is 0 Å². The summed E-state index contributed by atoms with van der Waals surface area (Å²) in [5.41, 5.74) is -10.5. The van der Waals surface area contributed by atoms with Crippen molar-refractivity contribution in [3.05, 3.63) is 23.8 Å². The normalized spacial score (nSPS) is 15.2. The van der Waals surface area contributed by atoms with Crippen molar-refractivity contribution in [1.29, 1.82) is 0 Å². The summed E-state index contributed by atoms with van der Waals surface area (Å²) in [4.78, 5) is 36.7. The summed E-state index contributed by atoms with van der Waals surface area (Å²) in [5.74, 6) is -5.93. The molecule has 36 heavy (non-hydrogen) atoms. The van der Waals surface area contributed by atoms with Crippen molar-refractivity contribution in [2.45, 2.75) is 57.2 Å². The number of hydrogen-bond acceptors (Lipinski definition) is 8. The van der Waals surface area contributed by atoms with Gasteiger partial charge in [-0.05, 0) is 32.4 Å². The monoisotopic (exact) mass is 532 g/mol. The molecule has 0 radical (unpaired) electrons. The SMILES string of the molecule is CCCC(=O)N[C@](Nc1cc([C@@](O)(C(=O)OCC)C(F)(F)F)ccc1OC)(C(=O)OCC)C(F)(F)F. The van der Waals surface area contributed by atoms with Gasteiger partial charge in [-0.2, -0.15) is 26.3 Å². The smallest absolute Gasteiger partial charge is 0.441 e. The number of ether oxygens (including phenoxy) is 3. The van der Waals surface area contributed by atoms with E-state index >= 15 is 0 Å². The molecule has 0 fully saturated rings. The number of esters is 2. The second-order valence-corrected chi connectivity index (χ2v) is 7.24. The number of carbonyl (C=O) groups is 3. The largest absolute Gasteiger partial charge is 0.495 e. The number of nitrogens with one attached hydrogen (secondary N) is 2. The summed E-state index contributed by atoms with van der Waals surface area (Å²) in [6.07, 6.45) is -11.6. The van der Waals surface area contributed by atoms with E-state index in [4.69, 9.17) is 4.74 Å². The number of methoxy groups -OCH3 is 1. The van der Waals surface area contributed by atoms with Crippen LogP contribution in [-0.4, -0.2) is 61.3 Å². The molecule has 0 saturated heterocycles. The van der Waals surface area contributed by atoms with Crippen LogP contribution >= 0.6 is 0 Å². The van der Waals surface area contributed by atoms with E-state index in [1.54, 1.807) is 5.32 Å². The zero-order valence-electron chi connectivity index (χ0n) is 19.7. The highest BCUT2D eigenvalue weighted by Gasteiger charge is 2.65. The molecule has 9 nitrogen and oxygen atoms in total. The molecule has 1 amide bonds. The van der Waals surface area contributed by atoms with Gasteiger partial charge in [0.25, 0.3) is 5.60 Å². The minimum absolute atomic E-state index is 0.0968. The van der Waals surface area contributed by atoms with E-state index in [0.29, 0.717) is 18.2 Å². The first kappa shape index (κ1) is 30.8. The van der Waals surface area contributed by atoms with E-state index in [9.17, 15) is 45.8 Å². The molecule has 0 unspecified atom stereocenters. The van der Waals surface area contributed by atoms with Crippen LogP contribution in [0, 0.1) is 0 Å². The number of carbonyl (C=O) groups excluding carboxylic acids is 3. The fourth-order valence-corrected chi connectivity index (χ4v) is 2.99. The Bertz CT molecular complexity index is 954. The number of amides is 1. The lowest BCUT2D eigenvalue weighted by atomic mass is 9.92. The molecule has 0 saturated carbocycles. The van der Waals surface area contributed by atoms with Gasteiger partial charge in [-0.15, -0.1) is 0 Å². The van der Waals surface area contributed by atoms with Crippen LogP contribution in [0.5, 0.6) is 5.75 Å². The maximum Gasteiger partial charge on any atom is 0.441 e. The Kier molecular flexibility index (Phi) is 9.98. The zero-order chi connectivity index (χ0) is 27.9. The summed E-state index contributed by atoms with van der Waals surface area (Å²) < 4.78 is 97.9. The van der Waals surface area contributed by atoms with Crippen molar-refractivity contribution in [2.24, 2.45) is 0 Å². The van der Waals surface area contributed by atoms with Crippen molar-refractivity contribution in [1.82, 2.24) is 5.32 Å². The van der Waals surface area contributed by atoms with Gasteiger partial charge in [-0.1, -0.05) is 13.0 Å². The van der Waals surface area contributed by atoms with Crippen LogP contribution in [0.1, 0.15) is 39.2 Å². The summed E-state index contributed by atoms with van der Waals surface area (Å²) in [6.45, 7) is 2.74. The Morgan fingerprint density at radius 1 is 0.917 bits per heavy atom. The Labute approximate surface area is 202 Å². The van der Waals surface area contributed by atoms with Crippen LogP contribution in [0.3, 0.4) is 0 Å². The standard InChI is InChI=1S/C21H26F6N2O7/c1-5-8-15(30)29-19(21(25,26)27,17(32)36-7-3)28-13-11-12(9-10-14(13)34-4)18(33,20(22,23)24)16(31)35-6-2/h9-11,28,33H,5-8H2,1-4H3,(H,29,30)/t18-,19-/m1/s1. The predicted molar refractivity (Wildman–Crippen MR) is 112 cm³/mol. The maximum atomic E-state index is 14.3. The molecular weight excluding hydrogens is 506 g/mol. The quantitative estimate of drug-likeness (QED) is 0.226. The lowest BCUT2D eigenvalue weighted by Gasteiger charge is -2.36. The van der Waals surface area contributed by atoms with Gasteiger partial charge < -0.3 is 30.0 Å². The number of rotatable bonds is 11. The molecule has 3 N–H and O–H groups in total. The van der Waals surface area contributed by atoms with Gasteiger partial charge in [0.2, 0.25) is 5.91 Å². The minimum atomic E-state index is -5.66. The van der Waals surface area contributed by atoms with Crippen LogP contribution in [0.15, 0.2) is 18.2 Å². The highest BCUT2D eigenvalue weighted by molar-refractivity contribution is 5.92. The zero-order valence-corrected chi connectivity index (χ0v) is 19.7. The van der Waals surface area contributed by atoms with Gasteiger partial charge in [-0.3, -0.25) is 4.79 Å². The molecule has 1 rings (SSSR count). The molecule has 0 bridgehead atoms. The van der Waals surface area contributed by atoms with Gasteiger partial charge in [0.1, 0.15) is 5.75 Å². The van der Waals surface area contributed by atoms with Crippen LogP contribution in [-0.2, 0) is 29.5 Å². The molecule has 0 aromatic heterocycles. The first-order valence-corrected chi connectivity index (χ1v) is 10.5. The van der Waals surface area contributed by atoms with E-state index < -0.39 is 78.1 Å². The van der Waals surface area contributed by atoms with Crippen molar-refractivity contribution >= 4 is 23.5 Å². The summed E-state index contributed by atoms with van der Waals surface area (Å²) >= 11 is 0. The summed E-state index contributed by atoms with van der Waals surface area (Å²) in [7, 11) is 0.955. The number of alkyl halides is 6. The molecule has 0 aliphatic rings. The lowest BCUT2D eigenvalue weighted by Crippen LogP contribution is -2.69. The van der Waals surface area contributed by atoms with Gasteiger partial charge in [0.05, 0.1) is 26.0 Å². The van der Waals surface area contributed by atoms with Crippen LogP contribution in [0.25, 0.3) is 0 Å². The van der Waals surface area contributed by atoms with E-state index in [0.717, 1.165) is 7.11 Å². The molecule has 15 heteroatoms. The second-order valence-electron chi connectivity index (χ2n) is 7.24. The van der Waals surface area contributed by atoms with E-state index in [1.807, 2.05) is 0 Å². The van der Waals surface area contributed by atoms with E-state index in [-0.39, 0.29) is 6.42 Å². The molecular formula is C21H26F6N2O7. The van der Waals surface area contributed by atoms with E-state index in [2.05, 4.69) is 9.47 Å². The Morgan fingerprint density at radius 3 is 1.92 bits per heavy atom. The summed E-state index contributed by atoms with van der Waals surface area (Å²) in [6, 6.07) is 1.60. The first-order chi connectivity index (χ1) is 16.5. The Morgan fingerprint density at radius 2 is 1.47 bits per heavy atom. The van der Waals surface area contributed by atoms with Crippen molar-refractivity contribution in [2.75, 3.05) is 25.6 Å². The number of halogens is 6. The average molecular weight is 532 g/mol. The topological polar surface area (TPSA) is 123 Å². The highest BCUT2D eigenvalue weighted by atomic mass is 19.4. The van der Waals surface area contributed by atoms with Crippen molar-refractivity contribution < 1.29 is 60.0 Å². The number of anilines is 1. The molecule has 1 aromatic carbocycles. The van der Waals surface area contributed by atoms with Gasteiger partial charge >= 0.3 is 30.0 Å². The fraction of sp³-hybridized carbons (Fsp3) is 0.571. The third-order valence-electron chi connectivity index (χ3n) is 4.73. The molecule has 2 atom stereocenters. The third-order valence-corrected chi connectivity index (χ3v) is 4.73. The van der Waals surface area contributed by atoms with Gasteiger partial charge in [0, 0.05) is 12.0 Å². The molecule has 0 spiro atoms. The first-order valence-electron chi connectivity index (χ1n) is 10.5. The number of benzene rings is 1. The van der Waals surface area contributed by atoms with Crippen LogP contribution in [0.4, 0.5) is 32.0 Å². The van der Waals surface area contributed by atoms with Gasteiger partial charge in [-0.25, -0.2) is 9.59 Å². The molecule has 0 aliphatic heterocycles. The Balaban J connectivity index is 3.87. The lowest BCUT2D eigenvalue weighted by molar-refractivity contribution is -0.267. The second kappa shape index (κ2) is 11.7. The molecule has 1 aromatic rings. The van der Waals surface area contributed by atoms with Crippen LogP contribution < -0.4 is 15.4 Å². The van der Waals surface area contributed by atoms with Crippen molar-refractivity contribution in [3.8, 4) is 5.75 Å². The maximum absolute atomic E-state index is 14.3. The third kappa shape index (κ3) is 6.12. The van der Waals surface area contributed by atoms with Gasteiger partial charge in [0.15, 0.2) is 0 Å². The summed E-state index contributed by atoms with van der Waals surface area (Å²) in [5, 5.41) is 13.5. The molecule has 204 valence electrons. The predicted octanol–water partition coefficient (Wildman–Crippen LogP) is 3.16. The Hall–Kier alpha value is -3.23. The van der Waals surface area contributed by atoms with Crippen molar-refractivity contribution in [3.63, 3.8) is 0 Å². The average Bonchev–Trinajstić information content (AvgIpc) is 2.76. The number of hydrogen-bond donors (Lipinski definition) is 3. The van der Waals surface area contributed by atoms with E-state index in [1.165, 1.54) is 26.1 Å². The minimum Gasteiger partial charge on any atom is -0.495 e. The highest BCUT2D eigenvalue weighted by Crippen LogP contribution is 2.43. The fourth-order valence-electron chi connectivity index (χ4n) is 2.99.